The monoisotopic (exact) mass is 330 g/mol. The molecule has 0 spiro atoms. The van der Waals surface area contributed by atoms with E-state index >= 15 is 0 Å². The van der Waals surface area contributed by atoms with Gasteiger partial charge in [-0.15, -0.1) is 0 Å². The number of nitrogens with zero attached hydrogens (tertiary/aromatic N) is 4. The molecule has 7 heteroatoms. The Morgan fingerprint density at radius 1 is 1.33 bits per heavy atom. The van der Waals surface area contributed by atoms with Gasteiger partial charge in [0, 0.05) is 30.0 Å². The molecular weight excluding hydrogens is 308 g/mol. The summed E-state index contributed by atoms with van der Waals surface area (Å²) < 4.78 is 6.08. The summed E-state index contributed by atoms with van der Waals surface area (Å²) in [6, 6.07) is 3.82. The summed E-state index contributed by atoms with van der Waals surface area (Å²) in [7, 11) is 0. The Labute approximate surface area is 140 Å². The fourth-order valence-corrected chi connectivity index (χ4v) is 3.43. The summed E-state index contributed by atoms with van der Waals surface area (Å²) in [5.74, 6) is -0.339. The van der Waals surface area contributed by atoms with E-state index in [-0.39, 0.29) is 24.5 Å². The van der Waals surface area contributed by atoms with Crippen molar-refractivity contribution in [2.24, 2.45) is 0 Å². The molecule has 7 nitrogen and oxygen atoms in total. The Balaban J connectivity index is 1.86. The molecule has 0 atom stereocenters. The molecule has 1 aliphatic carbocycles. The van der Waals surface area contributed by atoms with Crippen LogP contribution < -0.4 is 5.76 Å². The summed E-state index contributed by atoms with van der Waals surface area (Å²) in [6.45, 7) is 3.96. The highest BCUT2D eigenvalue weighted by atomic mass is 16.5. The van der Waals surface area contributed by atoms with Gasteiger partial charge in [0.25, 0.3) is 0 Å². The van der Waals surface area contributed by atoms with Gasteiger partial charge in [0.05, 0.1) is 0 Å². The minimum absolute atomic E-state index is 0.0608. The molecule has 0 aliphatic heterocycles. The van der Waals surface area contributed by atoms with Crippen molar-refractivity contribution in [2.45, 2.75) is 58.2 Å². The van der Waals surface area contributed by atoms with E-state index in [1.165, 1.54) is 4.57 Å². The van der Waals surface area contributed by atoms with Gasteiger partial charge in [0.15, 0.2) is 5.82 Å². The maximum absolute atomic E-state index is 12.9. The Hall–Kier alpha value is -2.44. The van der Waals surface area contributed by atoms with Crippen molar-refractivity contribution in [3.8, 4) is 11.4 Å². The lowest BCUT2D eigenvalue weighted by atomic mass is 10.1. The second-order valence-electron chi connectivity index (χ2n) is 6.43. The van der Waals surface area contributed by atoms with Crippen molar-refractivity contribution in [2.75, 3.05) is 0 Å². The number of aromatic nitrogens is 3. The van der Waals surface area contributed by atoms with Crippen LogP contribution in [-0.4, -0.2) is 37.6 Å². The first-order valence-corrected chi connectivity index (χ1v) is 8.36. The van der Waals surface area contributed by atoms with Crippen LogP contribution in [0.25, 0.3) is 11.4 Å². The number of hydrogen-bond acceptors (Lipinski definition) is 5. The van der Waals surface area contributed by atoms with Crippen molar-refractivity contribution in [3.05, 3.63) is 35.1 Å². The van der Waals surface area contributed by atoms with Crippen LogP contribution in [0.1, 0.15) is 39.5 Å². The maximum atomic E-state index is 12.9. The van der Waals surface area contributed by atoms with Gasteiger partial charge in [-0.1, -0.05) is 18.0 Å². The van der Waals surface area contributed by atoms with Gasteiger partial charge < -0.3 is 4.90 Å². The first kappa shape index (κ1) is 16.4. The van der Waals surface area contributed by atoms with Gasteiger partial charge in [-0.25, -0.2) is 9.36 Å². The third-order valence-corrected chi connectivity index (χ3v) is 4.48. The molecule has 2 heterocycles. The number of hydrogen-bond donors (Lipinski definition) is 0. The molecule has 24 heavy (non-hydrogen) atoms. The summed E-state index contributed by atoms with van der Waals surface area (Å²) in [5.41, 5.74) is 0.695. The molecule has 0 bridgehead atoms. The molecule has 0 saturated heterocycles. The van der Waals surface area contributed by atoms with Crippen LogP contribution in [0.2, 0.25) is 0 Å². The molecular formula is C17H22N4O3. The van der Waals surface area contributed by atoms with E-state index in [9.17, 15) is 9.59 Å². The normalized spacial score (nSPS) is 15.1. The summed E-state index contributed by atoms with van der Waals surface area (Å²) in [4.78, 5) is 30.7. The third-order valence-electron chi connectivity index (χ3n) is 4.48. The molecule has 1 aliphatic rings. The van der Waals surface area contributed by atoms with Crippen LogP contribution in [0.3, 0.4) is 0 Å². The maximum Gasteiger partial charge on any atom is 0.442 e. The molecule has 1 saturated carbocycles. The number of carbonyl (C=O) groups excluding carboxylic acids is 1. The fraction of sp³-hybridized carbons (Fsp3) is 0.529. The predicted molar refractivity (Wildman–Crippen MR) is 88.2 cm³/mol. The van der Waals surface area contributed by atoms with Crippen molar-refractivity contribution in [1.29, 1.82) is 0 Å². The smallest absolute Gasteiger partial charge is 0.336 e. The second kappa shape index (κ2) is 6.98. The molecule has 3 rings (SSSR count). The minimum atomic E-state index is -0.620. The van der Waals surface area contributed by atoms with Crippen molar-refractivity contribution in [3.63, 3.8) is 0 Å². The molecule has 128 valence electrons. The van der Waals surface area contributed by atoms with Gasteiger partial charge in [-0.2, -0.15) is 0 Å². The third kappa shape index (κ3) is 3.25. The van der Waals surface area contributed by atoms with Crippen LogP contribution in [0, 0.1) is 0 Å². The second-order valence-corrected chi connectivity index (χ2v) is 6.43. The van der Waals surface area contributed by atoms with Crippen molar-refractivity contribution >= 4 is 5.91 Å². The first-order valence-electron chi connectivity index (χ1n) is 8.36. The van der Waals surface area contributed by atoms with E-state index in [1.807, 2.05) is 18.7 Å². The molecule has 1 amide bonds. The zero-order valence-electron chi connectivity index (χ0n) is 14.0. The highest BCUT2D eigenvalue weighted by Gasteiger charge is 2.29. The average molecular weight is 330 g/mol. The van der Waals surface area contributed by atoms with Gasteiger partial charge in [-0.05, 0) is 38.8 Å². The van der Waals surface area contributed by atoms with E-state index < -0.39 is 5.76 Å². The van der Waals surface area contributed by atoms with Crippen molar-refractivity contribution in [1.82, 2.24) is 19.6 Å². The Bertz CT molecular complexity index is 745. The zero-order chi connectivity index (χ0) is 17.1. The fourth-order valence-electron chi connectivity index (χ4n) is 3.43. The van der Waals surface area contributed by atoms with Gasteiger partial charge >= 0.3 is 5.76 Å². The summed E-state index contributed by atoms with van der Waals surface area (Å²) in [6.07, 6.45) is 7.58. The quantitative estimate of drug-likeness (QED) is 0.838. The standard InChI is InChI=1S/C17H22N4O3/c1-12(2)21(14-5-3-4-6-14)15(22)11-20-16(19-24-17(20)23)13-7-9-18-10-8-13/h7-10,12,14H,3-6,11H2,1-2H3. The zero-order valence-corrected chi connectivity index (χ0v) is 14.0. The first-order chi connectivity index (χ1) is 11.6. The lowest BCUT2D eigenvalue weighted by Gasteiger charge is -2.32. The molecule has 0 N–H and O–H groups in total. The molecule has 0 radical (unpaired) electrons. The van der Waals surface area contributed by atoms with E-state index in [2.05, 4.69) is 10.1 Å². The topological polar surface area (TPSA) is 81.2 Å². The highest BCUT2D eigenvalue weighted by molar-refractivity contribution is 5.77. The SMILES string of the molecule is CC(C)N(C(=O)Cn1c(-c2ccncc2)noc1=O)C1CCCC1. The molecule has 0 aromatic carbocycles. The number of rotatable bonds is 5. The predicted octanol–water partition coefficient (Wildman–Crippen LogP) is 2.08. The average Bonchev–Trinajstić information content (AvgIpc) is 3.19. The van der Waals surface area contributed by atoms with E-state index in [0.717, 1.165) is 25.7 Å². The Kier molecular flexibility index (Phi) is 4.78. The van der Waals surface area contributed by atoms with Crippen LogP contribution >= 0.6 is 0 Å². The van der Waals surface area contributed by atoms with Gasteiger partial charge in [0.2, 0.25) is 5.91 Å². The van der Waals surface area contributed by atoms with Crippen LogP contribution in [-0.2, 0) is 11.3 Å². The van der Waals surface area contributed by atoms with Gasteiger partial charge in [0.1, 0.15) is 6.54 Å². The Morgan fingerprint density at radius 2 is 2.00 bits per heavy atom. The van der Waals surface area contributed by atoms with E-state index in [1.54, 1.807) is 24.5 Å². The van der Waals surface area contributed by atoms with Crippen LogP contribution in [0.4, 0.5) is 0 Å². The van der Waals surface area contributed by atoms with Crippen LogP contribution in [0.15, 0.2) is 33.8 Å². The van der Waals surface area contributed by atoms with Crippen LogP contribution in [0.5, 0.6) is 0 Å². The lowest BCUT2D eigenvalue weighted by Crippen LogP contribution is -2.46. The van der Waals surface area contributed by atoms with E-state index in [0.29, 0.717) is 11.4 Å². The number of amides is 1. The largest absolute Gasteiger partial charge is 0.442 e. The molecule has 2 aromatic rings. The minimum Gasteiger partial charge on any atom is -0.336 e. The molecule has 2 aromatic heterocycles. The highest BCUT2D eigenvalue weighted by Crippen LogP contribution is 2.25. The molecule has 1 fully saturated rings. The van der Waals surface area contributed by atoms with E-state index in [4.69, 9.17) is 4.52 Å². The van der Waals surface area contributed by atoms with Crippen molar-refractivity contribution < 1.29 is 9.32 Å². The Morgan fingerprint density at radius 3 is 2.62 bits per heavy atom. The summed E-state index contributed by atoms with van der Waals surface area (Å²) in [5, 5.41) is 3.82. The summed E-state index contributed by atoms with van der Waals surface area (Å²) >= 11 is 0. The number of pyridine rings is 1. The molecule has 0 unspecified atom stereocenters. The van der Waals surface area contributed by atoms with Gasteiger partial charge in [-0.3, -0.25) is 14.3 Å². The number of carbonyl (C=O) groups is 1. The lowest BCUT2D eigenvalue weighted by molar-refractivity contribution is -0.136.